The van der Waals surface area contributed by atoms with Gasteiger partial charge >= 0.3 is 0 Å². The van der Waals surface area contributed by atoms with Gasteiger partial charge in [-0.15, -0.1) is 0 Å². The van der Waals surface area contributed by atoms with Gasteiger partial charge in [0.15, 0.2) is 0 Å². The minimum Gasteiger partial charge on any atom is -0.481 e. The molecule has 1 saturated heterocycles. The molecule has 0 radical (unpaired) electrons. The molecule has 1 aliphatic carbocycles. The number of nitrogens with two attached hydrogens (primary N) is 1. The topological polar surface area (TPSA) is 73.1 Å². The van der Waals surface area contributed by atoms with E-state index in [4.69, 9.17) is 10.5 Å². The number of ether oxygens (including phenoxy) is 1. The Morgan fingerprint density at radius 2 is 1.83 bits per heavy atom. The van der Waals surface area contributed by atoms with Crippen molar-refractivity contribution in [1.29, 1.82) is 0 Å². The number of nitrogens with one attached hydrogen (secondary N) is 1. The molecule has 2 aromatic rings. The number of nitrogen functional groups attached to an aromatic ring is 1. The number of aromatic nitrogens is 2. The summed E-state index contributed by atoms with van der Waals surface area (Å²) in [6.07, 6.45) is 5.95. The van der Waals surface area contributed by atoms with Gasteiger partial charge in [-0.3, -0.25) is 0 Å². The molecule has 0 bridgehead atoms. The fourth-order valence-electron chi connectivity index (χ4n) is 3.44. The summed E-state index contributed by atoms with van der Waals surface area (Å²) in [4.78, 5) is 8.64. The number of rotatable bonds is 2. The van der Waals surface area contributed by atoms with Gasteiger partial charge in [0, 0.05) is 11.5 Å². The normalized spacial score (nSPS) is 19.1. The van der Waals surface area contributed by atoms with Crippen molar-refractivity contribution in [3.63, 3.8) is 0 Å². The Morgan fingerprint density at radius 3 is 2.46 bits per heavy atom. The molecular formula is C19H26N4O. The first-order chi connectivity index (χ1) is 11.8. The number of hydrogen-bond acceptors (Lipinski definition) is 5. The van der Waals surface area contributed by atoms with Crippen LogP contribution in [-0.2, 0) is 6.42 Å². The lowest BCUT2D eigenvalue weighted by Gasteiger charge is -2.25. The van der Waals surface area contributed by atoms with Crippen molar-refractivity contribution in [2.45, 2.75) is 38.0 Å². The van der Waals surface area contributed by atoms with Crippen LogP contribution in [0, 0.1) is 0 Å². The molecule has 2 aliphatic rings. The van der Waals surface area contributed by atoms with E-state index < -0.39 is 0 Å². The standard InChI is InChI=1S/C15H17N3O.C4H9N/c1-19-14-12-9-5-8-11(10-6-3-2-4-7-10)13(12)17-15(16)18-14;1-2-4-5-3-1/h2-4,6-7,11H,5,8-9H2,1H3,(H2,16,17,18);5H,1-4H2. The predicted octanol–water partition coefficient (Wildman–Crippen LogP) is 2.91. The average Bonchev–Trinajstić information content (AvgIpc) is 3.21. The van der Waals surface area contributed by atoms with Crippen molar-refractivity contribution in [3.05, 3.63) is 47.2 Å². The fraction of sp³-hybridized carbons (Fsp3) is 0.474. The number of fused-ring (bicyclic) bond motifs is 1. The van der Waals surface area contributed by atoms with Crippen LogP contribution in [0.3, 0.4) is 0 Å². The largest absolute Gasteiger partial charge is 0.481 e. The first-order valence-electron chi connectivity index (χ1n) is 8.75. The summed E-state index contributed by atoms with van der Waals surface area (Å²) in [5.41, 5.74) is 9.22. The number of hydrogen-bond donors (Lipinski definition) is 2. The van der Waals surface area contributed by atoms with Crippen molar-refractivity contribution < 1.29 is 4.74 Å². The fourth-order valence-corrected chi connectivity index (χ4v) is 3.44. The maximum atomic E-state index is 5.80. The maximum absolute atomic E-state index is 5.80. The molecule has 1 aromatic heterocycles. The zero-order valence-corrected chi connectivity index (χ0v) is 14.3. The van der Waals surface area contributed by atoms with Crippen LogP contribution < -0.4 is 15.8 Å². The molecule has 1 aliphatic heterocycles. The minimum atomic E-state index is 0.290. The van der Waals surface area contributed by atoms with Crippen molar-refractivity contribution in [3.8, 4) is 5.88 Å². The predicted molar refractivity (Wildman–Crippen MR) is 96.3 cm³/mol. The van der Waals surface area contributed by atoms with E-state index in [0.29, 0.717) is 17.7 Å². The average molecular weight is 326 g/mol. The Labute approximate surface area is 143 Å². The second-order valence-electron chi connectivity index (χ2n) is 6.27. The van der Waals surface area contributed by atoms with Gasteiger partial charge in [0.1, 0.15) is 0 Å². The number of nitrogens with zero attached hydrogens (tertiary/aromatic N) is 2. The van der Waals surface area contributed by atoms with Crippen molar-refractivity contribution in [1.82, 2.24) is 15.3 Å². The molecule has 1 atom stereocenters. The Kier molecular flexibility index (Phi) is 5.64. The molecule has 3 N–H and O–H groups in total. The van der Waals surface area contributed by atoms with Crippen LogP contribution in [0.4, 0.5) is 5.95 Å². The molecule has 24 heavy (non-hydrogen) atoms. The molecule has 1 fully saturated rings. The molecular weight excluding hydrogens is 300 g/mol. The van der Waals surface area contributed by atoms with Crippen LogP contribution in [0.25, 0.3) is 0 Å². The number of anilines is 1. The Morgan fingerprint density at radius 1 is 1.08 bits per heavy atom. The molecule has 1 unspecified atom stereocenters. The van der Waals surface area contributed by atoms with Gasteiger partial charge in [-0.05, 0) is 50.8 Å². The van der Waals surface area contributed by atoms with Crippen molar-refractivity contribution in [2.24, 2.45) is 0 Å². The monoisotopic (exact) mass is 326 g/mol. The van der Waals surface area contributed by atoms with E-state index in [0.717, 1.165) is 30.5 Å². The molecule has 5 nitrogen and oxygen atoms in total. The van der Waals surface area contributed by atoms with E-state index >= 15 is 0 Å². The van der Waals surface area contributed by atoms with Crippen LogP contribution in [0.15, 0.2) is 30.3 Å². The van der Waals surface area contributed by atoms with E-state index in [1.807, 2.05) is 6.07 Å². The summed E-state index contributed by atoms with van der Waals surface area (Å²) in [6.45, 7) is 2.50. The van der Waals surface area contributed by atoms with Gasteiger partial charge < -0.3 is 15.8 Å². The molecule has 4 rings (SSSR count). The lowest BCUT2D eigenvalue weighted by atomic mass is 9.82. The van der Waals surface area contributed by atoms with Crippen LogP contribution in [0.2, 0.25) is 0 Å². The smallest absolute Gasteiger partial charge is 0.223 e. The minimum absolute atomic E-state index is 0.290. The van der Waals surface area contributed by atoms with Crippen LogP contribution in [0.1, 0.15) is 48.4 Å². The number of methoxy groups -OCH3 is 1. The third-order valence-corrected chi connectivity index (χ3v) is 4.62. The third kappa shape index (κ3) is 3.85. The van der Waals surface area contributed by atoms with Gasteiger partial charge in [0.2, 0.25) is 11.8 Å². The van der Waals surface area contributed by atoms with E-state index in [-0.39, 0.29) is 0 Å². The maximum Gasteiger partial charge on any atom is 0.223 e. The molecule has 128 valence electrons. The molecule has 2 heterocycles. The Bertz CT molecular complexity index is 648. The SMILES string of the molecule is C1CCNC1.COc1nc(N)nc2c1CCCC2c1ccccc1. The summed E-state index contributed by atoms with van der Waals surface area (Å²) >= 11 is 0. The van der Waals surface area contributed by atoms with Gasteiger partial charge in [-0.1, -0.05) is 30.3 Å². The highest BCUT2D eigenvalue weighted by molar-refractivity contribution is 5.43. The first-order valence-corrected chi connectivity index (χ1v) is 8.75. The van der Waals surface area contributed by atoms with E-state index in [9.17, 15) is 0 Å². The second kappa shape index (κ2) is 8.11. The summed E-state index contributed by atoms with van der Waals surface area (Å²) in [5, 5.41) is 3.22. The van der Waals surface area contributed by atoms with Gasteiger partial charge in [0.25, 0.3) is 0 Å². The zero-order valence-electron chi connectivity index (χ0n) is 14.3. The highest BCUT2D eigenvalue weighted by Crippen LogP contribution is 2.38. The van der Waals surface area contributed by atoms with Crippen LogP contribution >= 0.6 is 0 Å². The van der Waals surface area contributed by atoms with Crippen LogP contribution in [-0.4, -0.2) is 30.2 Å². The Hall–Kier alpha value is -2.14. The lowest BCUT2D eigenvalue weighted by Crippen LogP contribution is -2.16. The van der Waals surface area contributed by atoms with E-state index in [1.165, 1.54) is 31.5 Å². The molecule has 0 spiro atoms. The summed E-state index contributed by atoms with van der Waals surface area (Å²) in [5.74, 6) is 1.21. The Balaban J connectivity index is 0.000000290. The van der Waals surface area contributed by atoms with Crippen molar-refractivity contribution in [2.75, 3.05) is 25.9 Å². The number of benzene rings is 1. The third-order valence-electron chi connectivity index (χ3n) is 4.62. The first kappa shape index (κ1) is 16.7. The second-order valence-corrected chi connectivity index (χ2v) is 6.27. The highest BCUT2D eigenvalue weighted by atomic mass is 16.5. The van der Waals surface area contributed by atoms with E-state index in [2.05, 4.69) is 39.6 Å². The quantitative estimate of drug-likeness (QED) is 0.888. The summed E-state index contributed by atoms with van der Waals surface area (Å²) < 4.78 is 5.35. The molecule has 5 heteroatoms. The van der Waals surface area contributed by atoms with Gasteiger partial charge in [0.05, 0.1) is 12.8 Å². The summed E-state index contributed by atoms with van der Waals surface area (Å²) in [7, 11) is 1.63. The van der Waals surface area contributed by atoms with Gasteiger partial charge in [-0.2, -0.15) is 4.98 Å². The lowest BCUT2D eigenvalue weighted by molar-refractivity contribution is 0.386. The van der Waals surface area contributed by atoms with Crippen molar-refractivity contribution >= 4 is 5.95 Å². The molecule has 1 aromatic carbocycles. The van der Waals surface area contributed by atoms with E-state index in [1.54, 1.807) is 7.11 Å². The summed E-state index contributed by atoms with van der Waals surface area (Å²) in [6, 6.07) is 10.4. The molecule has 0 saturated carbocycles. The highest BCUT2D eigenvalue weighted by Gasteiger charge is 2.27. The van der Waals surface area contributed by atoms with Crippen LogP contribution in [0.5, 0.6) is 5.88 Å². The zero-order chi connectivity index (χ0) is 16.8. The molecule has 0 amide bonds. The van der Waals surface area contributed by atoms with Gasteiger partial charge in [-0.25, -0.2) is 4.98 Å².